The number of amides is 1. The number of halogens is 2. The molecule has 0 bridgehead atoms. The van der Waals surface area contributed by atoms with E-state index in [2.05, 4.69) is 40.4 Å². The molecule has 0 saturated carbocycles. The number of carbonyl (C=O) groups is 1. The van der Waals surface area contributed by atoms with Gasteiger partial charge < -0.3 is 4.90 Å². The maximum atomic E-state index is 12.8. The second-order valence-corrected chi connectivity index (χ2v) is 8.75. The van der Waals surface area contributed by atoms with Crippen molar-refractivity contribution in [1.82, 2.24) is 4.90 Å². The molecular formula is C16H15BrClNOS2. The van der Waals surface area contributed by atoms with E-state index >= 15 is 0 Å². The number of thiophene rings is 1. The molecule has 1 aliphatic rings. The number of rotatable bonds is 2. The minimum Gasteiger partial charge on any atom is -0.334 e. The highest BCUT2D eigenvalue weighted by Gasteiger charge is 2.31. The van der Waals surface area contributed by atoms with Gasteiger partial charge in [-0.25, -0.2) is 0 Å². The molecule has 116 valence electrons. The number of nitrogens with zero attached hydrogens (tertiary/aromatic N) is 1. The van der Waals surface area contributed by atoms with Crippen LogP contribution in [-0.2, 0) is 0 Å². The summed E-state index contributed by atoms with van der Waals surface area (Å²) in [6.07, 6.45) is 0. The van der Waals surface area contributed by atoms with Crippen LogP contribution in [0.4, 0.5) is 0 Å². The van der Waals surface area contributed by atoms with Crippen LogP contribution < -0.4 is 0 Å². The molecule has 1 aromatic heterocycles. The standard InChI is InChI=1S/C16H15BrClNOS2/c1-10-9-22-15(14-3-2-6-21-14)8-19(10)16(20)11-4-5-12(17)13(18)7-11/h2-7,10,15H,8-9H2,1H3/t10-,15-/m1/s1. The van der Waals surface area contributed by atoms with Crippen molar-refractivity contribution in [2.75, 3.05) is 12.3 Å². The number of hydrogen-bond acceptors (Lipinski definition) is 3. The Bertz CT molecular complexity index is 677. The summed E-state index contributed by atoms with van der Waals surface area (Å²) in [4.78, 5) is 16.1. The van der Waals surface area contributed by atoms with Gasteiger partial charge in [0, 0.05) is 33.3 Å². The number of benzene rings is 1. The second kappa shape index (κ2) is 6.95. The van der Waals surface area contributed by atoms with E-state index in [1.807, 2.05) is 28.8 Å². The fourth-order valence-corrected chi connectivity index (χ4v) is 5.18. The van der Waals surface area contributed by atoms with Crippen molar-refractivity contribution < 1.29 is 4.79 Å². The van der Waals surface area contributed by atoms with E-state index in [4.69, 9.17) is 11.6 Å². The Morgan fingerprint density at radius 2 is 2.23 bits per heavy atom. The average Bonchev–Trinajstić information content (AvgIpc) is 3.04. The lowest BCUT2D eigenvalue weighted by Crippen LogP contribution is -2.45. The zero-order valence-corrected chi connectivity index (χ0v) is 15.9. The highest BCUT2D eigenvalue weighted by atomic mass is 79.9. The van der Waals surface area contributed by atoms with E-state index in [9.17, 15) is 4.79 Å². The van der Waals surface area contributed by atoms with Crippen molar-refractivity contribution >= 4 is 56.5 Å². The summed E-state index contributed by atoms with van der Waals surface area (Å²) in [6, 6.07) is 9.85. The van der Waals surface area contributed by atoms with Crippen LogP contribution >= 0.6 is 50.6 Å². The summed E-state index contributed by atoms with van der Waals surface area (Å²) in [7, 11) is 0. The summed E-state index contributed by atoms with van der Waals surface area (Å²) >= 11 is 13.2. The van der Waals surface area contributed by atoms with Crippen molar-refractivity contribution in [2.24, 2.45) is 0 Å². The van der Waals surface area contributed by atoms with Gasteiger partial charge in [0.05, 0.1) is 10.3 Å². The maximum absolute atomic E-state index is 12.8. The molecule has 0 radical (unpaired) electrons. The summed E-state index contributed by atoms with van der Waals surface area (Å²) < 4.78 is 0.810. The van der Waals surface area contributed by atoms with E-state index in [0.717, 1.165) is 16.8 Å². The van der Waals surface area contributed by atoms with Gasteiger partial charge in [-0.1, -0.05) is 17.7 Å². The van der Waals surface area contributed by atoms with Gasteiger partial charge >= 0.3 is 0 Å². The third kappa shape index (κ3) is 3.37. The monoisotopic (exact) mass is 415 g/mol. The van der Waals surface area contributed by atoms with Crippen molar-refractivity contribution in [3.05, 3.63) is 55.6 Å². The maximum Gasteiger partial charge on any atom is 0.254 e. The van der Waals surface area contributed by atoms with Crippen LogP contribution in [0.1, 0.15) is 27.4 Å². The zero-order chi connectivity index (χ0) is 15.7. The lowest BCUT2D eigenvalue weighted by Gasteiger charge is -2.37. The first-order chi connectivity index (χ1) is 10.6. The smallest absolute Gasteiger partial charge is 0.254 e. The molecule has 0 N–H and O–H groups in total. The van der Waals surface area contributed by atoms with E-state index in [1.165, 1.54) is 4.88 Å². The Labute approximate surface area is 152 Å². The van der Waals surface area contributed by atoms with E-state index < -0.39 is 0 Å². The normalized spacial score (nSPS) is 21.9. The first-order valence-electron chi connectivity index (χ1n) is 6.97. The van der Waals surface area contributed by atoms with Crippen LogP contribution in [0.25, 0.3) is 0 Å². The Hall–Kier alpha value is -0.490. The van der Waals surface area contributed by atoms with E-state index in [-0.39, 0.29) is 11.9 Å². The predicted octanol–water partition coefficient (Wildman–Crippen LogP) is 5.48. The van der Waals surface area contributed by atoms with Gasteiger partial charge in [0.25, 0.3) is 5.91 Å². The highest BCUT2D eigenvalue weighted by molar-refractivity contribution is 9.10. The van der Waals surface area contributed by atoms with Crippen LogP contribution in [0.3, 0.4) is 0 Å². The second-order valence-electron chi connectivity index (χ2n) is 5.27. The fraction of sp³-hybridized carbons (Fsp3) is 0.312. The fourth-order valence-electron chi connectivity index (χ4n) is 2.48. The van der Waals surface area contributed by atoms with Gasteiger partial charge in [0.1, 0.15) is 0 Å². The Morgan fingerprint density at radius 1 is 1.41 bits per heavy atom. The molecule has 0 aliphatic carbocycles. The first kappa shape index (κ1) is 16.4. The van der Waals surface area contributed by atoms with Crippen molar-refractivity contribution in [3.63, 3.8) is 0 Å². The van der Waals surface area contributed by atoms with Crippen LogP contribution in [0, 0.1) is 0 Å². The molecule has 1 aromatic carbocycles. The summed E-state index contributed by atoms with van der Waals surface area (Å²) in [5.41, 5.74) is 0.650. The summed E-state index contributed by atoms with van der Waals surface area (Å²) in [5, 5.41) is 3.03. The lowest BCUT2D eigenvalue weighted by atomic mass is 10.1. The Morgan fingerprint density at radius 3 is 2.91 bits per heavy atom. The molecule has 22 heavy (non-hydrogen) atoms. The van der Waals surface area contributed by atoms with E-state index in [0.29, 0.717) is 15.8 Å². The molecule has 2 atom stereocenters. The van der Waals surface area contributed by atoms with Gasteiger partial charge in [0.2, 0.25) is 0 Å². The summed E-state index contributed by atoms with van der Waals surface area (Å²) in [5.74, 6) is 1.02. The molecule has 1 aliphatic heterocycles. The zero-order valence-electron chi connectivity index (χ0n) is 12.0. The molecule has 1 saturated heterocycles. The van der Waals surface area contributed by atoms with Crippen LogP contribution in [0.2, 0.25) is 5.02 Å². The molecule has 1 fully saturated rings. The first-order valence-corrected chi connectivity index (χ1v) is 10.1. The Kier molecular flexibility index (Phi) is 5.17. The molecule has 2 aromatic rings. The number of hydrogen-bond donors (Lipinski definition) is 0. The van der Waals surface area contributed by atoms with Crippen LogP contribution in [-0.4, -0.2) is 29.1 Å². The van der Waals surface area contributed by atoms with Crippen molar-refractivity contribution in [1.29, 1.82) is 0 Å². The molecule has 6 heteroatoms. The number of carbonyl (C=O) groups excluding carboxylic acids is 1. The van der Waals surface area contributed by atoms with Gasteiger partial charge in [-0.3, -0.25) is 4.79 Å². The minimum absolute atomic E-state index is 0.0590. The van der Waals surface area contributed by atoms with Crippen LogP contribution in [0.5, 0.6) is 0 Å². The molecule has 0 spiro atoms. The van der Waals surface area contributed by atoms with Gasteiger partial charge in [-0.2, -0.15) is 0 Å². The summed E-state index contributed by atoms with van der Waals surface area (Å²) in [6.45, 7) is 2.86. The topological polar surface area (TPSA) is 20.3 Å². The number of thioether (sulfide) groups is 1. The van der Waals surface area contributed by atoms with Crippen molar-refractivity contribution in [2.45, 2.75) is 18.2 Å². The molecule has 3 rings (SSSR count). The molecular weight excluding hydrogens is 402 g/mol. The molecule has 2 heterocycles. The quantitative estimate of drug-likeness (QED) is 0.646. The SMILES string of the molecule is C[C@@H]1CS[C@@H](c2cccs2)CN1C(=O)c1ccc(Br)c(Cl)c1. The van der Waals surface area contributed by atoms with Gasteiger partial charge in [-0.05, 0) is 52.5 Å². The average molecular weight is 417 g/mol. The molecule has 1 amide bonds. The highest BCUT2D eigenvalue weighted by Crippen LogP contribution is 2.38. The largest absolute Gasteiger partial charge is 0.334 e. The van der Waals surface area contributed by atoms with Crippen LogP contribution in [0.15, 0.2) is 40.2 Å². The van der Waals surface area contributed by atoms with Crippen molar-refractivity contribution in [3.8, 4) is 0 Å². The van der Waals surface area contributed by atoms with E-state index in [1.54, 1.807) is 17.4 Å². The minimum atomic E-state index is 0.0590. The third-order valence-corrected chi connectivity index (χ3v) is 7.57. The lowest BCUT2D eigenvalue weighted by molar-refractivity contribution is 0.0702. The molecule has 0 unspecified atom stereocenters. The van der Waals surface area contributed by atoms with Gasteiger partial charge in [-0.15, -0.1) is 23.1 Å². The third-order valence-electron chi connectivity index (χ3n) is 3.72. The van der Waals surface area contributed by atoms with Gasteiger partial charge in [0.15, 0.2) is 0 Å². The molecule has 2 nitrogen and oxygen atoms in total. The Balaban J connectivity index is 1.81. The predicted molar refractivity (Wildman–Crippen MR) is 99.2 cm³/mol.